The first-order valence-electron chi connectivity index (χ1n) is 7.11. The number of rotatable bonds is 3. The number of aliphatic hydroxyl groups is 1. The Labute approximate surface area is 120 Å². The van der Waals surface area contributed by atoms with Crippen molar-refractivity contribution >= 4 is 0 Å². The molecule has 2 nitrogen and oxygen atoms in total. The van der Waals surface area contributed by atoms with Crippen LogP contribution >= 0.6 is 0 Å². The lowest BCUT2D eigenvalue weighted by molar-refractivity contribution is 0.281. The topological polar surface area (TPSA) is 23.5 Å². The number of aliphatic hydroxyl groups excluding tert-OH is 1. The molecular formula is C17H22FNO. The number of benzene rings is 1. The summed E-state index contributed by atoms with van der Waals surface area (Å²) in [6, 6.07) is 5.16. The van der Waals surface area contributed by atoms with Gasteiger partial charge in [0.2, 0.25) is 0 Å². The molecule has 0 saturated carbocycles. The van der Waals surface area contributed by atoms with Gasteiger partial charge in [0.1, 0.15) is 5.82 Å². The molecule has 1 fully saturated rings. The van der Waals surface area contributed by atoms with Crippen LogP contribution < -0.4 is 0 Å². The Bertz CT molecular complexity index is 528. The lowest BCUT2D eigenvalue weighted by atomic mass is 9.93. The minimum Gasteiger partial charge on any atom is -0.395 e. The molecule has 0 radical (unpaired) electrons. The molecule has 1 aliphatic heterocycles. The van der Waals surface area contributed by atoms with Crippen LogP contribution in [0.2, 0.25) is 0 Å². The fourth-order valence-electron chi connectivity index (χ4n) is 2.57. The van der Waals surface area contributed by atoms with Crippen molar-refractivity contribution in [3.8, 4) is 11.8 Å². The largest absolute Gasteiger partial charge is 0.395 e. The summed E-state index contributed by atoms with van der Waals surface area (Å²) in [6.07, 6.45) is 1.59. The lowest BCUT2D eigenvalue weighted by Gasteiger charge is -2.19. The molecule has 1 saturated heterocycles. The Kier molecular flexibility index (Phi) is 4.80. The number of likely N-dealkylation sites (tertiary alicyclic amines) is 1. The van der Waals surface area contributed by atoms with Gasteiger partial charge in [0.05, 0.1) is 6.61 Å². The number of hydrogen-bond acceptors (Lipinski definition) is 2. The van der Waals surface area contributed by atoms with Gasteiger partial charge < -0.3 is 5.11 Å². The van der Waals surface area contributed by atoms with Crippen molar-refractivity contribution in [2.75, 3.05) is 19.7 Å². The van der Waals surface area contributed by atoms with E-state index in [9.17, 15) is 4.39 Å². The Morgan fingerprint density at radius 3 is 2.80 bits per heavy atom. The van der Waals surface area contributed by atoms with Crippen LogP contribution in [0.3, 0.4) is 0 Å². The molecule has 0 bridgehead atoms. The molecule has 1 heterocycles. The Morgan fingerprint density at radius 2 is 2.20 bits per heavy atom. The van der Waals surface area contributed by atoms with Crippen molar-refractivity contribution in [1.29, 1.82) is 0 Å². The third kappa shape index (κ3) is 4.06. The van der Waals surface area contributed by atoms with E-state index in [1.165, 1.54) is 12.5 Å². The fraction of sp³-hybridized carbons (Fsp3) is 0.529. The lowest BCUT2D eigenvalue weighted by Crippen LogP contribution is -2.23. The Morgan fingerprint density at radius 1 is 1.40 bits per heavy atom. The second-order valence-corrected chi connectivity index (χ2v) is 6.21. The van der Waals surface area contributed by atoms with Crippen LogP contribution in [0, 0.1) is 23.1 Å². The van der Waals surface area contributed by atoms with Crippen LogP contribution in [0.4, 0.5) is 4.39 Å². The highest BCUT2D eigenvalue weighted by molar-refractivity contribution is 5.37. The zero-order valence-corrected chi connectivity index (χ0v) is 12.2. The van der Waals surface area contributed by atoms with Gasteiger partial charge in [0.25, 0.3) is 0 Å². The van der Waals surface area contributed by atoms with E-state index >= 15 is 0 Å². The summed E-state index contributed by atoms with van der Waals surface area (Å²) in [6.45, 7) is 7.26. The van der Waals surface area contributed by atoms with Gasteiger partial charge in [-0.1, -0.05) is 31.8 Å². The number of nitrogens with zero attached hydrogens (tertiary/aromatic N) is 1. The smallest absolute Gasteiger partial charge is 0.128 e. The normalized spacial score (nSPS) is 17.8. The molecule has 20 heavy (non-hydrogen) atoms. The van der Waals surface area contributed by atoms with Crippen molar-refractivity contribution in [1.82, 2.24) is 4.90 Å². The van der Waals surface area contributed by atoms with Crippen LogP contribution in [0.15, 0.2) is 18.2 Å². The maximum Gasteiger partial charge on any atom is 0.128 e. The third-order valence-electron chi connectivity index (χ3n) is 3.67. The summed E-state index contributed by atoms with van der Waals surface area (Å²) in [5.74, 6) is 5.47. The van der Waals surface area contributed by atoms with E-state index in [-0.39, 0.29) is 12.4 Å². The molecule has 0 unspecified atom stereocenters. The predicted octanol–water partition coefficient (Wildman–Crippen LogP) is 2.79. The third-order valence-corrected chi connectivity index (χ3v) is 3.67. The summed E-state index contributed by atoms with van der Waals surface area (Å²) in [5, 5.41) is 8.66. The molecule has 1 aliphatic rings. The van der Waals surface area contributed by atoms with Crippen LogP contribution in [0.1, 0.15) is 37.8 Å². The SMILES string of the molecule is CC1(C)CCN(Cc2ccc(C#CCCO)cc2F)C1. The number of halogens is 1. The molecule has 1 aromatic carbocycles. The first-order valence-corrected chi connectivity index (χ1v) is 7.11. The van der Waals surface area contributed by atoms with Crippen molar-refractivity contribution in [2.24, 2.45) is 5.41 Å². The summed E-state index contributed by atoms with van der Waals surface area (Å²) in [5.41, 5.74) is 1.74. The minimum absolute atomic E-state index is 0.0400. The van der Waals surface area contributed by atoms with Crippen molar-refractivity contribution in [3.63, 3.8) is 0 Å². The summed E-state index contributed by atoms with van der Waals surface area (Å²) in [7, 11) is 0. The molecule has 0 aliphatic carbocycles. The van der Waals surface area contributed by atoms with Gasteiger partial charge in [-0.25, -0.2) is 4.39 Å². The second kappa shape index (κ2) is 6.39. The van der Waals surface area contributed by atoms with E-state index in [2.05, 4.69) is 30.6 Å². The standard InChI is InChI=1S/C17H22FNO/c1-17(2)8-9-19(13-17)12-15-7-6-14(11-16(15)18)5-3-4-10-20/h6-7,11,20H,4,8-10,12-13H2,1-2H3. The van der Waals surface area contributed by atoms with Crippen molar-refractivity contribution in [2.45, 2.75) is 33.2 Å². The van der Waals surface area contributed by atoms with Crippen molar-refractivity contribution < 1.29 is 9.50 Å². The van der Waals surface area contributed by atoms with Crippen LogP contribution in [0.5, 0.6) is 0 Å². The maximum absolute atomic E-state index is 14.1. The molecule has 3 heteroatoms. The molecule has 1 aromatic rings. The van der Waals surface area contributed by atoms with Gasteiger partial charge in [0, 0.05) is 30.6 Å². The van der Waals surface area contributed by atoms with Crippen molar-refractivity contribution in [3.05, 3.63) is 35.1 Å². The van der Waals surface area contributed by atoms with Gasteiger partial charge in [0.15, 0.2) is 0 Å². The quantitative estimate of drug-likeness (QED) is 0.857. The molecule has 1 N–H and O–H groups in total. The van der Waals surface area contributed by atoms with E-state index < -0.39 is 0 Å². The minimum atomic E-state index is -0.189. The highest BCUT2D eigenvalue weighted by Gasteiger charge is 2.29. The second-order valence-electron chi connectivity index (χ2n) is 6.21. The zero-order valence-electron chi connectivity index (χ0n) is 12.2. The number of hydrogen-bond donors (Lipinski definition) is 1. The van der Waals surface area contributed by atoms with E-state index in [1.54, 1.807) is 0 Å². The summed E-state index contributed by atoms with van der Waals surface area (Å²) >= 11 is 0. The highest BCUT2D eigenvalue weighted by Crippen LogP contribution is 2.30. The molecule has 0 spiro atoms. The molecular weight excluding hydrogens is 253 g/mol. The average Bonchev–Trinajstić information content (AvgIpc) is 2.72. The van der Waals surface area contributed by atoms with Gasteiger partial charge >= 0.3 is 0 Å². The first kappa shape index (κ1) is 15.0. The Hall–Kier alpha value is -1.37. The predicted molar refractivity (Wildman–Crippen MR) is 78.7 cm³/mol. The summed E-state index contributed by atoms with van der Waals surface area (Å²) < 4.78 is 14.1. The zero-order chi connectivity index (χ0) is 14.6. The Balaban J connectivity index is 2.02. The molecule has 2 rings (SSSR count). The van der Waals surface area contributed by atoms with E-state index in [0.29, 0.717) is 23.9 Å². The van der Waals surface area contributed by atoms with E-state index in [4.69, 9.17) is 5.11 Å². The van der Waals surface area contributed by atoms with Crippen LogP contribution in [0.25, 0.3) is 0 Å². The van der Waals surface area contributed by atoms with E-state index in [1.807, 2.05) is 12.1 Å². The molecule has 0 amide bonds. The molecule has 0 atom stereocenters. The monoisotopic (exact) mass is 275 g/mol. The van der Waals surface area contributed by atoms with Crippen LogP contribution in [-0.2, 0) is 6.54 Å². The highest BCUT2D eigenvalue weighted by atomic mass is 19.1. The average molecular weight is 275 g/mol. The fourth-order valence-corrected chi connectivity index (χ4v) is 2.57. The van der Waals surface area contributed by atoms with E-state index in [0.717, 1.165) is 18.7 Å². The van der Waals surface area contributed by atoms with Crippen LogP contribution in [-0.4, -0.2) is 29.7 Å². The first-order chi connectivity index (χ1) is 9.50. The van der Waals surface area contributed by atoms with Gasteiger partial charge in [-0.05, 0) is 30.5 Å². The molecule has 108 valence electrons. The molecule has 0 aromatic heterocycles. The summed E-state index contributed by atoms with van der Waals surface area (Å²) in [4.78, 5) is 2.30. The van der Waals surface area contributed by atoms with Gasteiger partial charge in [-0.15, -0.1) is 0 Å². The van der Waals surface area contributed by atoms with Gasteiger partial charge in [-0.3, -0.25) is 4.90 Å². The maximum atomic E-state index is 14.1. The van der Waals surface area contributed by atoms with Gasteiger partial charge in [-0.2, -0.15) is 0 Å².